The highest BCUT2D eigenvalue weighted by Gasteiger charge is 2.17. The second-order valence-electron chi connectivity index (χ2n) is 4.57. The zero-order valence-corrected chi connectivity index (χ0v) is 12.4. The lowest BCUT2D eigenvalue weighted by Gasteiger charge is -2.10. The van der Waals surface area contributed by atoms with Crippen LogP contribution in [0.15, 0.2) is 42.5 Å². The Kier molecular flexibility index (Phi) is 5.64. The number of halogens is 1. The van der Waals surface area contributed by atoms with Crippen molar-refractivity contribution in [2.75, 3.05) is 7.11 Å². The molecule has 0 atom stereocenters. The molecule has 0 aliphatic carbocycles. The lowest BCUT2D eigenvalue weighted by atomic mass is 9.79. The Morgan fingerprint density at radius 1 is 1.05 bits per heavy atom. The molecule has 0 unspecified atom stereocenters. The van der Waals surface area contributed by atoms with Crippen molar-refractivity contribution in [1.29, 1.82) is 0 Å². The first-order valence-electron chi connectivity index (χ1n) is 6.45. The number of rotatable bonds is 6. The van der Waals surface area contributed by atoms with Crippen LogP contribution in [0.4, 0.5) is 0 Å². The van der Waals surface area contributed by atoms with Crippen molar-refractivity contribution in [3.8, 4) is 5.75 Å². The van der Waals surface area contributed by atoms with Gasteiger partial charge in [0.2, 0.25) is 0 Å². The van der Waals surface area contributed by atoms with E-state index in [1.807, 2.05) is 30.3 Å². The average Bonchev–Trinajstić information content (AvgIpc) is 2.47. The quantitative estimate of drug-likeness (QED) is 0.798. The highest BCUT2D eigenvalue weighted by molar-refractivity contribution is 6.59. The summed E-state index contributed by atoms with van der Waals surface area (Å²) in [7, 11) is -0.0934. The smallest absolute Gasteiger partial charge is 0.492 e. The van der Waals surface area contributed by atoms with Crippen molar-refractivity contribution in [2.45, 2.75) is 13.2 Å². The van der Waals surface area contributed by atoms with E-state index < -0.39 is 7.12 Å². The zero-order chi connectivity index (χ0) is 15.2. The van der Waals surface area contributed by atoms with Crippen LogP contribution >= 0.6 is 11.6 Å². The molecule has 0 saturated carbocycles. The number of hydrogen-bond acceptors (Lipinski definition) is 4. The van der Waals surface area contributed by atoms with Gasteiger partial charge in [-0.3, -0.25) is 0 Å². The summed E-state index contributed by atoms with van der Waals surface area (Å²) in [6.45, 7) is 0.791. The first-order valence-corrected chi connectivity index (χ1v) is 6.83. The summed E-state index contributed by atoms with van der Waals surface area (Å²) in [5.74, 6) is 0.434. The van der Waals surface area contributed by atoms with E-state index in [-0.39, 0.29) is 0 Å². The summed E-state index contributed by atoms with van der Waals surface area (Å²) in [4.78, 5) is 0. The molecule has 0 aliphatic rings. The number of ether oxygens (including phenoxy) is 2. The molecular weight excluding hydrogens is 290 g/mol. The Balaban J connectivity index is 1.98. The van der Waals surface area contributed by atoms with E-state index in [0.29, 0.717) is 29.4 Å². The van der Waals surface area contributed by atoms with Gasteiger partial charge in [-0.2, -0.15) is 0 Å². The van der Waals surface area contributed by atoms with Crippen molar-refractivity contribution in [3.63, 3.8) is 0 Å². The van der Waals surface area contributed by atoms with Crippen LogP contribution in [-0.2, 0) is 18.0 Å². The summed E-state index contributed by atoms with van der Waals surface area (Å²) in [6.07, 6.45) is 0. The summed E-state index contributed by atoms with van der Waals surface area (Å²) < 4.78 is 10.7. The Bertz CT molecular complexity index is 604. The third-order valence-electron chi connectivity index (χ3n) is 3.00. The van der Waals surface area contributed by atoms with Crippen LogP contribution in [0, 0.1) is 0 Å². The topological polar surface area (TPSA) is 58.9 Å². The van der Waals surface area contributed by atoms with Gasteiger partial charge < -0.3 is 19.5 Å². The van der Waals surface area contributed by atoms with Gasteiger partial charge in [0.25, 0.3) is 0 Å². The van der Waals surface area contributed by atoms with Gasteiger partial charge in [-0.05, 0) is 29.3 Å². The van der Waals surface area contributed by atoms with Crippen molar-refractivity contribution >= 4 is 24.2 Å². The van der Waals surface area contributed by atoms with Crippen LogP contribution in [0.5, 0.6) is 5.75 Å². The maximum absolute atomic E-state index is 9.31. The molecule has 4 nitrogen and oxygen atoms in total. The van der Waals surface area contributed by atoms with Gasteiger partial charge in [-0.1, -0.05) is 35.9 Å². The molecule has 0 radical (unpaired) electrons. The molecule has 6 heteroatoms. The van der Waals surface area contributed by atoms with Crippen molar-refractivity contribution < 1.29 is 19.5 Å². The van der Waals surface area contributed by atoms with E-state index in [9.17, 15) is 10.0 Å². The first kappa shape index (κ1) is 15.9. The monoisotopic (exact) mass is 306 g/mol. The van der Waals surface area contributed by atoms with E-state index >= 15 is 0 Å². The van der Waals surface area contributed by atoms with Crippen molar-refractivity contribution in [2.24, 2.45) is 0 Å². The first-order chi connectivity index (χ1) is 10.1. The van der Waals surface area contributed by atoms with E-state index in [1.54, 1.807) is 12.1 Å². The molecule has 0 aliphatic heterocycles. The average molecular weight is 307 g/mol. The molecule has 0 fully saturated rings. The van der Waals surface area contributed by atoms with E-state index in [4.69, 9.17) is 21.1 Å². The van der Waals surface area contributed by atoms with Crippen LogP contribution in [0.1, 0.15) is 11.1 Å². The normalized spacial score (nSPS) is 10.5. The maximum atomic E-state index is 9.31. The van der Waals surface area contributed by atoms with Gasteiger partial charge in [-0.15, -0.1) is 0 Å². The molecule has 0 amide bonds. The minimum atomic E-state index is -1.58. The number of benzene rings is 2. The molecule has 21 heavy (non-hydrogen) atoms. The molecule has 2 N–H and O–H groups in total. The predicted octanol–water partition coefficient (Wildman–Crippen LogP) is 1.75. The second kappa shape index (κ2) is 7.47. The van der Waals surface area contributed by atoms with Gasteiger partial charge in [0.15, 0.2) is 0 Å². The molecule has 2 aromatic carbocycles. The fraction of sp³-hybridized carbons (Fsp3) is 0.200. The van der Waals surface area contributed by atoms with Gasteiger partial charge in [0.05, 0.1) is 20.3 Å². The Morgan fingerprint density at radius 2 is 1.76 bits per heavy atom. The summed E-state index contributed by atoms with van der Waals surface area (Å²) in [5.41, 5.74) is 2.14. The molecule has 0 spiro atoms. The lowest BCUT2D eigenvalue weighted by molar-refractivity contribution is 0.107. The Morgan fingerprint density at radius 3 is 2.38 bits per heavy atom. The molecule has 0 heterocycles. The zero-order valence-electron chi connectivity index (χ0n) is 11.6. The lowest BCUT2D eigenvalue weighted by Crippen LogP contribution is -2.31. The SMILES string of the molecule is COc1ccc(COCc2cccc(Cl)c2)cc1B(O)O. The second-order valence-corrected chi connectivity index (χ2v) is 5.01. The third-order valence-corrected chi connectivity index (χ3v) is 3.23. The summed E-state index contributed by atoms with van der Waals surface area (Å²) >= 11 is 5.90. The van der Waals surface area contributed by atoms with E-state index in [2.05, 4.69) is 0 Å². The molecule has 2 rings (SSSR count). The molecule has 0 saturated heterocycles. The maximum Gasteiger partial charge on any atom is 0.492 e. The molecule has 2 aromatic rings. The van der Waals surface area contributed by atoms with Crippen LogP contribution in [0.2, 0.25) is 5.02 Å². The van der Waals surface area contributed by atoms with Crippen LogP contribution in [0.3, 0.4) is 0 Å². The predicted molar refractivity (Wildman–Crippen MR) is 82.8 cm³/mol. The molecule has 0 aromatic heterocycles. The van der Waals surface area contributed by atoms with Crippen molar-refractivity contribution in [3.05, 3.63) is 58.6 Å². The fourth-order valence-corrected chi connectivity index (χ4v) is 2.20. The summed E-state index contributed by atoms with van der Waals surface area (Å²) in [6, 6.07) is 12.6. The Hall–Kier alpha value is -1.53. The van der Waals surface area contributed by atoms with Crippen LogP contribution in [0.25, 0.3) is 0 Å². The minimum Gasteiger partial charge on any atom is -0.497 e. The number of methoxy groups -OCH3 is 1. The Labute approximate surface area is 129 Å². The summed E-state index contributed by atoms with van der Waals surface area (Å²) in [5, 5.41) is 19.3. The molecule has 110 valence electrons. The van der Waals surface area contributed by atoms with Gasteiger partial charge in [0, 0.05) is 10.5 Å². The highest BCUT2D eigenvalue weighted by Crippen LogP contribution is 2.14. The third kappa shape index (κ3) is 4.47. The van der Waals surface area contributed by atoms with E-state index in [1.165, 1.54) is 7.11 Å². The number of hydrogen-bond donors (Lipinski definition) is 2. The van der Waals surface area contributed by atoms with Crippen molar-refractivity contribution in [1.82, 2.24) is 0 Å². The van der Waals surface area contributed by atoms with Crippen LogP contribution in [-0.4, -0.2) is 24.3 Å². The van der Waals surface area contributed by atoms with Gasteiger partial charge in [-0.25, -0.2) is 0 Å². The highest BCUT2D eigenvalue weighted by atomic mass is 35.5. The molecular formula is C15H16BClO4. The van der Waals surface area contributed by atoms with Gasteiger partial charge >= 0.3 is 7.12 Å². The fourth-order valence-electron chi connectivity index (χ4n) is 1.99. The van der Waals surface area contributed by atoms with Crippen LogP contribution < -0.4 is 10.2 Å². The largest absolute Gasteiger partial charge is 0.497 e. The van der Waals surface area contributed by atoms with E-state index in [0.717, 1.165) is 11.1 Å². The minimum absolute atomic E-state index is 0.321. The van der Waals surface area contributed by atoms with Gasteiger partial charge in [0.1, 0.15) is 5.75 Å². The standard InChI is InChI=1S/C15H16BClO4/c1-20-15-6-5-12(8-14(15)16(18)19)10-21-9-11-3-2-4-13(17)7-11/h2-8,18-19H,9-10H2,1H3. The molecule has 0 bridgehead atoms.